The first-order valence-corrected chi connectivity index (χ1v) is 5.55. The van der Waals surface area contributed by atoms with Gasteiger partial charge in [-0.2, -0.15) is 0 Å². The van der Waals surface area contributed by atoms with Crippen molar-refractivity contribution in [1.82, 2.24) is 9.97 Å². The molecule has 0 unspecified atom stereocenters. The molecule has 0 fully saturated rings. The molecule has 6 heteroatoms. The first-order valence-electron chi connectivity index (χ1n) is 5.55. The number of carbonyl (C=O) groups is 1. The zero-order valence-electron chi connectivity index (χ0n) is 10.6. The van der Waals surface area contributed by atoms with Gasteiger partial charge in [-0.15, -0.1) is 0 Å². The number of aromatic nitrogens is 2. The quantitative estimate of drug-likeness (QED) is 0.905. The first-order chi connectivity index (χ1) is 9.24. The molecule has 1 heterocycles. The van der Waals surface area contributed by atoms with E-state index < -0.39 is 0 Å². The van der Waals surface area contributed by atoms with Crippen molar-refractivity contribution in [3.63, 3.8) is 0 Å². The summed E-state index contributed by atoms with van der Waals surface area (Å²) in [5, 5.41) is 2.68. The van der Waals surface area contributed by atoms with Crippen LogP contribution >= 0.6 is 0 Å². The Morgan fingerprint density at radius 2 is 1.79 bits per heavy atom. The molecule has 0 radical (unpaired) electrons. The average Bonchev–Trinajstić information content (AvgIpc) is 2.48. The highest BCUT2D eigenvalue weighted by atomic mass is 16.5. The summed E-state index contributed by atoms with van der Waals surface area (Å²) in [4.78, 5) is 19.6. The highest BCUT2D eigenvalue weighted by Crippen LogP contribution is 2.29. The number of anilines is 1. The Hall–Kier alpha value is -2.63. The fourth-order valence-electron chi connectivity index (χ4n) is 1.52. The molecule has 0 saturated carbocycles. The van der Waals surface area contributed by atoms with Crippen molar-refractivity contribution in [3.8, 4) is 11.5 Å². The number of hydrogen-bond acceptors (Lipinski definition) is 5. The Bertz CT molecular complexity index is 573. The van der Waals surface area contributed by atoms with Crippen LogP contribution in [0.1, 0.15) is 10.6 Å². The van der Waals surface area contributed by atoms with E-state index in [0.717, 1.165) is 0 Å². The third-order valence-corrected chi connectivity index (χ3v) is 2.41. The third-order valence-electron chi connectivity index (χ3n) is 2.41. The number of carbonyl (C=O) groups excluding carboxylic acids is 1. The Kier molecular flexibility index (Phi) is 3.92. The fraction of sp³-hybridized carbons (Fsp3) is 0.154. The molecule has 1 N–H and O–H groups in total. The minimum Gasteiger partial charge on any atom is -0.493 e. The predicted octanol–water partition coefficient (Wildman–Crippen LogP) is 1.75. The molecule has 0 bridgehead atoms. The molecule has 0 aliphatic rings. The van der Waals surface area contributed by atoms with Gasteiger partial charge in [0.05, 0.1) is 14.2 Å². The summed E-state index contributed by atoms with van der Waals surface area (Å²) >= 11 is 0. The summed E-state index contributed by atoms with van der Waals surface area (Å²) in [6.07, 6.45) is 3.02. The maximum Gasteiger partial charge on any atom is 0.293 e. The van der Waals surface area contributed by atoms with E-state index in [1.54, 1.807) is 31.4 Å². The first kappa shape index (κ1) is 12.8. The number of ether oxygens (including phenoxy) is 2. The molecule has 0 spiro atoms. The van der Waals surface area contributed by atoms with Gasteiger partial charge in [0, 0.05) is 24.1 Å². The Labute approximate surface area is 110 Å². The second-order valence-electron chi connectivity index (χ2n) is 3.60. The number of rotatable bonds is 4. The Morgan fingerprint density at radius 3 is 2.42 bits per heavy atom. The van der Waals surface area contributed by atoms with Crippen LogP contribution in [-0.2, 0) is 0 Å². The number of nitrogens with one attached hydrogen (secondary N) is 1. The largest absolute Gasteiger partial charge is 0.493 e. The van der Waals surface area contributed by atoms with Gasteiger partial charge in [0.25, 0.3) is 5.91 Å². The summed E-state index contributed by atoms with van der Waals surface area (Å²) in [7, 11) is 3.08. The van der Waals surface area contributed by atoms with Crippen molar-refractivity contribution in [2.45, 2.75) is 0 Å². The summed E-state index contributed by atoms with van der Waals surface area (Å²) in [5.41, 5.74) is 0.579. The molecular weight excluding hydrogens is 246 g/mol. The molecule has 0 atom stereocenters. The molecule has 1 aromatic carbocycles. The van der Waals surface area contributed by atoms with E-state index in [2.05, 4.69) is 15.3 Å². The third kappa shape index (κ3) is 2.98. The van der Waals surface area contributed by atoms with E-state index in [4.69, 9.17) is 9.47 Å². The van der Waals surface area contributed by atoms with Crippen LogP contribution in [0.3, 0.4) is 0 Å². The second kappa shape index (κ2) is 5.81. The summed E-state index contributed by atoms with van der Waals surface area (Å²) in [6.45, 7) is 0. The van der Waals surface area contributed by atoms with Crippen LogP contribution in [0.25, 0.3) is 0 Å². The van der Waals surface area contributed by atoms with E-state index in [9.17, 15) is 4.79 Å². The predicted molar refractivity (Wildman–Crippen MR) is 69.5 cm³/mol. The minimum atomic E-state index is -0.382. The molecule has 1 amide bonds. The molecule has 0 aliphatic carbocycles. The lowest BCUT2D eigenvalue weighted by Crippen LogP contribution is -2.15. The van der Waals surface area contributed by atoms with Crippen LogP contribution in [0, 0.1) is 0 Å². The number of methoxy groups -OCH3 is 2. The lowest BCUT2D eigenvalue weighted by atomic mass is 10.2. The van der Waals surface area contributed by atoms with Crippen molar-refractivity contribution in [2.24, 2.45) is 0 Å². The van der Waals surface area contributed by atoms with Gasteiger partial charge in [0.2, 0.25) is 5.82 Å². The maximum atomic E-state index is 11.9. The summed E-state index contributed by atoms with van der Waals surface area (Å²) in [6, 6.07) is 6.73. The van der Waals surface area contributed by atoms with E-state index in [1.165, 1.54) is 19.5 Å². The van der Waals surface area contributed by atoms with Gasteiger partial charge < -0.3 is 14.8 Å². The smallest absolute Gasteiger partial charge is 0.293 e. The fourth-order valence-corrected chi connectivity index (χ4v) is 1.52. The van der Waals surface area contributed by atoms with Gasteiger partial charge in [-0.1, -0.05) is 0 Å². The SMILES string of the molecule is COc1ccc(NC(=O)c2ncccn2)cc1OC. The Balaban J connectivity index is 2.18. The standard InChI is InChI=1S/C13H13N3O3/c1-18-10-5-4-9(8-11(10)19-2)16-13(17)12-14-6-3-7-15-12/h3-8H,1-2H3,(H,16,17). The summed E-state index contributed by atoms with van der Waals surface area (Å²) in [5.74, 6) is 0.857. The summed E-state index contributed by atoms with van der Waals surface area (Å²) < 4.78 is 10.3. The molecule has 2 rings (SSSR count). The van der Waals surface area contributed by atoms with Gasteiger partial charge >= 0.3 is 0 Å². The van der Waals surface area contributed by atoms with E-state index in [0.29, 0.717) is 17.2 Å². The van der Waals surface area contributed by atoms with Gasteiger partial charge in [0.1, 0.15) is 0 Å². The monoisotopic (exact) mass is 259 g/mol. The van der Waals surface area contributed by atoms with Crippen LogP contribution in [0.2, 0.25) is 0 Å². The maximum absolute atomic E-state index is 11.9. The van der Waals surface area contributed by atoms with Crippen LogP contribution in [0.5, 0.6) is 11.5 Å². The molecule has 2 aromatic rings. The number of hydrogen-bond donors (Lipinski definition) is 1. The molecule has 19 heavy (non-hydrogen) atoms. The number of nitrogens with zero attached hydrogens (tertiary/aromatic N) is 2. The van der Waals surface area contributed by atoms with Crippen LogP contribution in [-0.4, -0.2) is 30.1 Å². The topological polar surface area (TPSA) is 73.3 Å². The van der Waals surface area contributed by atoms with Crippen molar-refractivity contribution >= 4 is 11.6 Å². The molecular formula is C13H13N3O3. The molecule has 0 aliphatic heterocycles. The minimum absolute atomic E-state index is 0.109. The molecule has 0 saturated heterocycles. The van der Waals surface area contributed by atoms with Gasteiger partial charge in [-0.25, -0.2) is 9.97 Å². The molecule has 1 aromatic heterocycles. The highest BCUT2D eigenvalue weighted by molar-refractivity contribution is 6.01. The van der Waals surface area contributed by atoms with Crippen LogP contribution < -0.4 is 14.8 Å². The molecule has 6 nitrogen and oxygen atoms in total. The van der Waals surface area contributed by atoms with E-state index >= 15 is 0 Å². The lowest BCUT2D eigenvalue weighted by Gasteiger charge is -2.10. The second-order valence-corrected chi connectivity index (χ2v) is 3.60. The highest BCUT2D eigenvalue weighted by Gasteiger charge is 2.10. The van der Waals surface area contributed by atoms with E-state index in [1.807, 2.05) is 0 Å². The van der Waals surface area contributed by atoms with Gasteiger partial charge in [0.15, 0.2) is 11.5 Å². The average molecular weight is 259 g/mol. The number of benzene rings is 1. The van der Waals surface area contributed by atoms with Gasteiger partial charge in [-0.3, -0.25) is 4.79 Å². The van der Waals surface area contributed by atoms with E-state index in [-0.39, 0.29) is 11.7 Å². The normalized spacial score (nSPS) is 9.79. The van der Waals surface area contributed by atoms with Crippen molar-refractivity contribution < 1.29 is 14.3 Å². The van der Waals surface area contributed by atoms with Crippen molar-refractivity contribution in [1.29, 1.82) is 0 Å². The number of amides is 1. The lowest BCUT2D eigenvalue weighted by molar-refractivity contribution is 0.101. The van der Waals surface area contributed by atoms with Crippen molar-refractivity contribution in [3.05, 3.63) is 42.5 Å². The van der Waals surface area contributed by atoms with Crippen LogP contribution in [0.4, 0.5) is 5.69 Å². The van der Waals surface area contributed by atoms with Crippen molar-refractivity contribution in [2.75, 3.05) is 19.5 Å². The molecule has 98 valence electrons. The van der Waals surface area contributed by atoms with Gasteiger partial charge in [-0.05, 0) is 18.2 Å². The Morgan fingerprint density at radius 1 is 1.11 bits per heavy atom. The zero-order valence-corrected chi connectivity index (χ0v) is 10.6. The van der Waals surface area contributed by atoms with Crippen LogP contribution in [0.15, 0.2) is 36.7 Å². The zero-order chi connectivity index (χ0) is 13.7.